The van der Waals surface area contributed by atoms with Crippen LogP contribution in [0.2, 0.25) is 0 Å². The van der Waals surface area contributed by atoms with Crippen LogP contribution in [0.3, 0.4) is 0 Å². The molecule has 6 heteroatoms. The van der Waals surface area contributed by atoms with Gasteiger partial charge in [0.2, 0.25) is 0 Å². The lowest BCUT2D eigenvalue weighted by Crippen LogP contribution is -2.24. The first-order valence-electron chi connectivity index (χ1n) is 6.71. The highest BCUT2D eigenvalue weighted by Crippen LogP contribution is 2.38. The zero-order valence-corrected chi connectivity index (χ0v) is 12.7. The summed E-state index contributed by atoms with van der Waals surface area (Å²) in [5.41, 5.74) is 3.04. The molecule has 0 saturated carbocycles. The molecule has 0 fully saturated rings. The van der Waals surface area contributed by atoms with E-state index in [2.05, 4.69) is 12.1 Å². The van der Waals surface area contributed by atoms with Crippen molar-refractivity contribution < 1.29 is 9.66 Å². The van der Waals surface area contributed by atoms with Crippen LogP contribution in [0.15, 0.2) is 30.3 Å². The van der Waals surface area contributed by atoms with Crippen LogP contribution in [0, 0.1) is 17.0 Å². The molecule has 1 aliphatic heterocycles. The lowest BCUT2D eigenvalue weighted by Gasteiger charge is -2.21. The van der Waals surface area contributed by atoms with Crippen molar-refractivity contribution >= 4 is 22.0 Å². The average Bonchev–Trinajstić information content (AvgIpc) is 3.03. The van der Waals surface area contributed by atoms with Crippen molar-refractivity contribution in [3.05, 3.63) is 56.5 Å². The molecular formula is C15H16N2O3S. The molecule has 5 nitrogen and oxygen atoms in total. The Morgan fingerprint density at radius 1 is 1.48 bits per heavy atom. The van der Waals surface area contributed by atoms with Gasteiger partial charge >= 0.3 is 5.00 Å². The molecule has 1 atom stereocenters. The highest BCUT2D eigenvalue weighted by atomic mass is 32.1. The van der Waals surface area contributed by atoms with Crippen molar-refractivity contribution in [2.75, 3.05) is 18.5 Å². The summed E-state index contributed by atoms with van der Waals surface area (Å²) in [5.74, 6) is 0. The molecule has 2 aromatic rings. The first-order chi connectivity index (χ1) is 10.1. The minimum Gasteiger partial charge on any atom is -0.367 e. The molecule has 1 aliphatic rings. The summed E-state index contributed by atoms with van der Waals surface area (Å²) >= 11 is 1.21. The lowest BCUT2D eigenvalue weighted by molar-refractivity contribution is -0.379. The molecule has 1 aromatic carbocycles. The van der Waals surface area contributed by atoms with E-state index >= 15 is 0 Å². The second kappa shape index (κ2) is 5.46. The number of likely N-dealkylation sites (N-methyl/N-ethyl adjacent to an activating group) is 1. The monoisotopic (exact) mass is 304 g/mol. The summed E-state index contributed by atoms with van der Waals surface area (Å²) in [6, 6.07) is 9.99. The van der Waals surface area contributed by atoms with E-state index in [4.69, 9.17) is 4.74 Å². The number of hydrogen-bond donors (Lipinski definition) is 0. The Labute approximate surface area is 126 Å². The summed E-state index contributed by atoms with van der Waals surface area (Å²) < 4.78 is 5.81. The van der Waals surface area contributed by atoms with Crippen molar-refractivity contribution in [2.45, 2.75) is 19.6 Å². The molecule has 0 aliphatic carbocycles. The predicted molar refractivity (Wildman–Crippen MR) is 83.0 cm³/mol. The summed E-state index contributed by atoms with van der Waals surface area (Å²) in [6.07, 6.45) is -0.0361. The van der Waals surface area contributed by atoms with Gasteiger partial charge in [0, 0.05) is 18.5 Å². The number of rotatable bonds is 4. The number of nitro groups is 1. The smallest absolute Gasteiger partial charge is 0.347 e. The van der Waals surface area contributed by atoms with Crippen molar-refractivity contribution in [1.82, 2.24) is 0 Å². The molecule has 21 heavy (non-hydrogen) atoms. The molecule has 2 heterocycles. The molecule has 0 amide bonds. The molecule has 0 N–H and O–H groups in total. The Kier molecular flexibility index (Phi) is 3.65. The lowest BCUT2D eigenvalue weighted by atomic mass is 10.1. The maximum absolute atomic E-state index is 11.1. The Bertz CT molecular complexity index is 683. The number of anilines is 1. The van der Waals surface area contributed by atoms with Crippen LogP contribution in [0.5, 0.6) is 0 Å². The van der Waals surface area contributed by atoms with E-state index in [1.165, 1.54) is 22.5 Å². The van der Waals surface area contributed by atoms with Crippen LogP contribution in [0.4, 0.5) is 10.7 Å². The molecular weight excluding hydrogens is 288 g/mol. The molecule has 1 aromatic heterocycles. The van der Waals surface area contributed by atoms with Crippen LogP contribution in [0.1, 0.15) is 22.1 Å². The molecule has 0 bridgehead atoms. The minimum atomic E-state index is -0.313. The van der Waals surface area contributed by atoms with Crippen molar-refractivity contribution in [1.29, 1.82) is 0 Å². The highest BCUT2D eigenvalue weighted by Gasteiger charge is 2.27. The number of aryl methyl sites for hydroxylation is 1. The zero-order valence-electron chi connectivity index (χ0n) is 11.9. The van der Waals surface area contributed by atoms with Gasteiger partial charge in [0.15, 0.2) is 0 Å². The van der Waals surface area contributed by atoms with Crippen molar-refractivity contribution in [2.24, 2.45) is 0 Å². The Hall–Kier alpha value is -1.92. The predicted octanol–water partition coefficient (Wildman–Crippen LogP) is 3.67. The van der Waals surface area contributed by atoms with Crippen LogP contribution in [0.25, 0.3) is 0 Å². The van der Waals surface area contributed by atoms with E-state index in [0.29, 0.717) is 18.8 Å². The van der Waals surface area contributed by atoms with E-state index in [-0.39, 0.29) is 16.0 Å². The van der Waals surface area contributed by atoms with Gasteiger partial charge in [0.05, 0.1) is 11.5 Å². The number of ether oxygens (including phenoxy) is 1. The van der Waals surface area contributed by atoms with E-state index in [9.17, 15) is 10.1 Å². The maximum Gasteiger partial charge on any atom is 0.347 e. The number of nitrogens with zero attached hydrogens (tertiary/aromatic N) is 2. The van der Waals surface area contributed by atoms with E-state index in [1.807, 2.05) is 37.1 Å². The third-order valence-electron chi connectivity index (χ3n) is 3.68. The van der Waals surface area contributed by atoms with Crippen molar-refractivity contribution in [3.63, 3.8) is 0 Å². The summed E-state index contributed by atoms with van der Waals surface area (Å²) in [6.45, 7) is 3.10. The van der Waals surface area contributed by atoms with Crippen LogP contribution in [-0.2, 0) is 11.3 Å². The third kappa shape index (κ3) is 2.64. The van der Waals surface area contributed by atoms with E-state index in [0.717, 1.165) is 4.88 Å². The fraction of sp³-hybridized carbons (Fsp3) is 0.333. The van der Waals surface area contributed by atoms with Gasteiger partial charge in [0.25, 0.3) is 0 Å². The van der Waals surface area contributed by atoms with Gasteiger partial charge in [-0.1, -0.05) is 35.6 Å². The SMILES string of the molecule is Cc1cc(N(C)CC2OCc3ccccc32)c([N+](=O)[O-])s1. The van der Waals surface area contributed by atoms with Gasteiger partial charge in [0.1, 0.15) is 11.8 Å². The second-order valence-corrected chi connectivity index (χ2v) is 6.42. The fourth-order valence-electron chi connectivity index (χ4n) is 2.65. The topological polar surface area (TPSA) is 55.6 Å². The molecule has 0 saturated heterocycles. The maximum atomic E-state index is 11.1. The summed E-state index contributed by atoms with van der Waals surface area (Å²) in [4.78, 5) is 13.7. The first kappa shape index (κ1) is 14.0. The molecule has 1 unspecified atom stereocenters. The third-order valence-corrected chi connectivity index (χ3v) is 4.67. The number of benzene rings is 1. The van der Waals surface area contributed by atoms with E-state index < -0.39 is 0 Å². The van der Waals surface area contributed by atoms with Gasteiger partial charge in [-0.3, -0.25) is 10.1 Å². The quantitative estimate of drug-likeness (QED) is 0.639. The van der Waals surface area contributed by atoms with Gasteiger partial charge < -0.3 is 9.64 Å². The van der Waals surface area contributed by atoms with Crippen molar-refractivity contribution in [3.8, 4) is 0 Å². The Balaban J connectivity index is 1.82. The molecule has 3 rings (SSSR count). The van der Waals surface area contributed by atoms with Gasteiger partial charge in [-0.2, -0.15) is 0 Å². The molecule has 0 spiro atoms. The molecule has 110 valence electrons. The van der Waals surface area contributed by atoms with Gasteiger partial charge in [-0.05, 0) is 24.1 Å². The fourth-order valence-corrected chi connectivity index (χ4v) is 3.52. The number of hydrogen-bond acceptors (Lipinski definition) is 5. The standard InChI is InChI=1S/C15H16N2O3S/c1-10-7-13(15(21-10)17(18)19)16(2)8-14-12-6-4-3-5-11(12)9-20-14/h3-7,14H,8-9H2,1-2H3. The number of thiophene rings is 1. The van der Waals surface area contributed by atoms with Gasteiger partial charge in [-0.15, -0.1) is 0 Å². The zero-order chi connectivity index (χ0) is 15.0. The second-order valence-electron chi connectivity index (χ2n) is 5.18. The Morgan fingerprint density at radius 2 is 2.24 bits per heavy atom. The first-order valence-corrected chi connectivity index (χ1v) is 7.53. The largest absolute Gasteiger partial charge is 0.367 e. The minimum absolute atomic E-state index is 0.0361. The summed E-state index contributed by atoms with van der Waals surface area (Å²) in [5, 5.41) is 11.3. The van der Waals surface area contributed by atoms with E-state index in [1.54, 1.807) is 0 Å². The van der Waals surface area contributed by atoms with Gasteiger partial charge in [-0.25, -0.2) is 0 Å². The van der Waals surface area contributed by atoms with Crippen LogP contribution < -0.4 is 4.90 Å². The Morgan fingerprint density at radius 3 is 3.00 bits per heavy atom. The summed E-state index contributed by atoms with van der Waals surface area (Å²) in [7, 11) is 1.87. The van der Waals surface area contributed by atoms with Crippen LogP contribution in [-0.4, -0.2) is 18.5 Å². The van der Waals surface area contributed by atoms with Crippen LogP contribution >= 0.6 is 11.3 Å². The average molecular weight is 304 g/mol. The highest BCUT2D eigenvalue weighted by molar-refractivity contribution is 7.15. The normalized spacial score (nSPS) is 16.8. The molecule has 0 radical (unpaired) electrons. The number of fused-ring (bicyclic) bond motifs is 1.